The number of aryl methyl sites for hydroxylation is 2. The van der Waals surface area contributed by atoms with Crippen molar-refractivity contribution in [3.63, 3.8) is 0 Å². The minimum Gasteiger partial charge on any atom is -0.494 e. The van der Waals surface area contributed by atoms with Crippen LogP contribution in [0.2, 0.25) is 0 Å². The highest BCUT2D eigenvalue weighted by atomic mass is 16.5. The minimum atomic E-state index is -0.159. The number of amides is 1. The maximum atomic E-state index is 12.3. The smallest absolute Gasteiger partial charge is 0.251 e. The van der Waals surface area contributed by atoms with E-state index in [9.17, 15) is 9.59 Å². The van der Waals surface area contributed by atoms with Gasteiger partial charge in [0, 0.05) is 23.2 Å². The molecule has 0 aliphatic rings. The summed E-state index contributed by atoms with van der Waals surface area (Å²) in [7, 11) is 0. The summed E-state index contributed by atoms with van der Waals surface area (Å²) in [6.45, 7) is 7.28. The molecule has 2 aromatic carbocycles. The van der Waals surface area contributed by atoms with E-state index >= 15 is 0 Å². The summed E-state index contributed by atoms with van der Waals surface area (Å²) in [4.78, 5) is 27.6. The predicted molar refractivity (Wildman–Crippen MR) is 117 cm³/mol. The van der Waals surface area contributed by atoms with Crippen LogP contribution in [0.3, 0.4) is 0 Å². The van der Waals surface area contributed by atoms with Crippen LogP contribution in [0.15, 0.2) is 47.3 Å². The highest BCUT2D eigenvalue weighted by molar-refractivity contribution is 5.94. The number of benzene rings is 2. The first-order valence-electron chi connectivity index (χ1n) is 10.1. The lowest BCUT2D eigenvalue weighted by molar-refractivity contribution is 0.0954. The molecule has 0 saturated carbocycles. The lowest BCUT2D eigenvalue weighted by Crippen LogP contribution is -2.27. The Labute approximate surface area is 171 Å². The van der Waals surface area contributed by atoms with E-state index in [2.05, 4.69) is 30.2 Å². The summed E-state index contributed by atoms with van der Waals surface area (Å²) in [5.41, 5.74) is 4.31. The molecule has 0 aliphatic carbocycles. The third-order valence-electron chi connectivity index (χ3n) is 5.10. The Balaban J connectivity index is 1.59. The second kappa shape index (κ2) is 9.41. The molecule has 0 spiro atoms. The van der Waals surface area contributed by atoms with Crippen LogP contribution in [0.25, 0.3) is 10.9 Å². The maximum absolute atomic E-state index is 12.3. The Hall–Kier alpha value is -3.08. The summed E-state index contributed by atoms with van der Waals surface area (Å²) in [6, 6.07) is 13.1. The molecule has 0 unspecified atom stereocenters. The number of fused-ring (bicyclic) bond motifs is 1. The molecule has 29 heavy (non-hydrogen) atoms. The molecule has 0 bridgehead atoms. The van der Waals surface area contributed by atoms with Crippen LogP contribution in [0, 0.1) is 13.8 Å². The van der Waals surface area contributed by atoms with Crippen LogP contribution in [-0.4, -0.2) is 24.0 Å². The van der Waals surface area contributed by atoms with Gasteiger partial charge in [0.15, 0.2) is 0 Å². The van der Waals surface area contributed by atoms with Gasteiger partial charge in [0.2, 0.25) is 0 Å². The summed E-state index contributed by atoms with van der Waals surface area (Å²) in [6.07, 6.45) is 2.57. The molecule has 0 aliphatic heterocycles. The standard InChI is InChI=1S/C24H28N2O3/c1-4-5-12-29-21-8-6-18(7-9-21)23(27)25-11-10-19-15-20-13-16(2)17(3)14-22(20)26-24(19)28/h6-9,13-15H,4-5,10-12H2,1-3H3,(H,25,27)(H,26,28). The lowest BCUT2D eigenvalue weighted by Gasteiger charge is -2.09. The number of carbonyl (C=O) groups excluding carboxylic acids is 1. The van der Waals surface area contributed by atoms with Gasteiger partial charge in [-0.25, -0.2) is 0 Å². The first-order valence-corrected chi connectivity index (χ1v) is 10.1. The second-order valence-electron chi connectivity index (χ2n) is 7.38. The summed E-state index contributed by atoms with van der Waals surface area (Å²) in [5.74, 6) is 0.608. The van der Waals surface area contributed by atoms with Crippen LogP contribution in [0.5, 0.6) is 5.75 Å². The molecule has 0 fully saturated rings. The number of rotatable bonds is 8. The Morgan fingerprint density at radius 3 is 2.52 bits per heavy atom. The number of hydrogen-bond donors (Lipinski definition) is 2. The van der Waals surface area contributed by atoms with Crippen molar-refractivity contribution in [2.24, 2.45) is 0 Å². The van der Waals surface area contributed by atoms with Gasteiger partial charge in [-0.05, 0) is 85.7 Å². The Kier molecular flexibility index (Phi) is 6.70. The monoisotopic (exact) mass is 392 g/mol. The fourth-order valence-electron chi connectivity index (χ4n) is 3.16. The third kappa shape index (κ3) is 5.25. The zero-order valence-electron chi connectivity index (χ0n) is 17.3. The number of hydrogen-bond acceptors (Lipinski definition) is 3. The van der Waals surface area contributed by atoms with Crippen LogP contribution in [-0.2, 0) is 6.42 Å². The Morgan fingerprint density at radius 2 is 1.79 bits per heavy atom. The largest absolute Gasteiger partial charge is 0.494 e. The summed E-state index contributed by atoms with van der Waals surface area (Å²) < 4.78 is 5.61. The van der Waals surface area contributed by atoms with E-state index in [1.165, 1.54) is 5.56 Å². The average Bonchev–Trinajstić information content (AvgIpc) is 2.70. The normalized spacial score (nSPS) is 10.9. The van der Waals surface area contributed by atoms with E-state index < -0.39 is 0 Å². The lowest BCUT2D eigenvalue weighted by atomic mass is 10.0. The van der Waals surface area contributed by atoms with Gasteiger partial charge in [-0.1, -0.05) is 13.3 Å². The number of ether oxygens (including phenoxy) is 1. The van der Waals surface area contributed by atoms with Gasteiger partial charge >= 0.3 is 0 Å². The number of nitrogens with one attached hydrogen (secondary N) is 2. The fourth-order valence-corrected chi connectivity index (χ4v) is 3.16. The topological polar surface area (TPSA) is 71.2 Å². The third-order valence-corrected chi connectivity index (χ3v) is 5.10. The molecule has 0 saturated heterocycles. The highest BCUT2D eigenvalue weighted by Crippen LogP contribution is 2.17. The number of unbranched alkanes of at least 4 members (excludes halogenated alkanes) is 1. The molecule has 1 aromatic heterocycles. The average molecular weight is 392 g/mol. The second-order valence-corrected chi connectivity index (χ2v) is 7.38. The van der Waals surface area contributed by atoms with Gasteiger partial charge in [-0.3, -0.25) is 9.59 Å². The van der Waals surface area contributed by atoms with Gasteiger partial charge in [-0.2, -0.15) is 0 Å². The first kappa shape index (κ1) is 20.6. The van der Waals surface area contributed by atoms with Crippen LogP contribution >= 0.6 is 0 Å². The molecule has 0 atom stereocenters. The minimum absolute atomic E-state index is 0.108. The molecule has 1 amide bonds. The molecule has 0 radical (unpaired) electrons. The van der Waals surface area contributed by atoms with Crippen molar-refractivity contribution >= 4 is 16.8 Å². The zero-order chi connectivity index (χ0) is 20.8. The molecule has 2 N–H and O–H groups in total. The van der Waals surface area contributed by atoms with Gasteiger partial charge in [0.1, 0.15) is 5.75 Å². The van der Waals surface area contributed by atoms with Crippen molar-refractivity contribution < 1.29 is 9.53 Å². The first-order chi connectivity index (χ1) is 14.0. The molecule has 5 nitrogen and oxygen atoms in total. The van der Waals surface area contributed by atoms with E-state index in [0.717, 1.165) is 35.1 Å². The molecular formula is C24H28N2O3. The van der Waals surface area contributed by atoms with Crippen molar-refractivity contribution in [1.29, 1.82) is 0 Å². The summed E-state index contributed by atoms with van der Waals surface area (Å²) >= 11 is 0. The number of aromatic nitrogens is 1. The van der Waals surface area contributed by atoms with Crippen molar-refractivity contribution in [2.45, 2.75) is 40.0 Å². The van der Waals surface area contributed by atoms with Gasteiger partial charge in [0.25, 0.3) is 11.5 Å². The SMILES string of the molecule is CCCCOc1ccc(C(=O)NCCc2cc3cc(C)c(C)cc3[nH]c2=O)cc1. The highest BCUT2D eigenvalue weighted by Gasteiger charge is 2.08. The van der Waals surface area contributed by atoms with Crippen molar-refractivity contribution in [3.05, 3.63) is 75.1 Å². The van der Waals surface area contributed by atoms with E-state index in [0.29, 0.717) is 30.7 Å². The molecule has 1 heterocycles. The number of H-pyrrole nitrogens is 1. The van der Waals surface area contributed by atoms with Crippen LogP contribution < -0.4 is 15.6 Å². The molecule has 5 heteroatoms. The van der Waals surface area contributed by atoms with Crippen molar-refractivity contribution in [3.8, 4) is 5.75 Å². The molecular weight excluding hydrogens is 364 g/mol. The Morgan fingerprint density at radius 1 is 1.07 bits per heavy atom. The van der Waals surface area contributed by atoms with E-state index in [1.54, 1.807) is 12.1 Å². The predicted octanol–water partition coefficient (Wildman–Crippen LogP) is 4.30. The number of aromatic amines is 1. The van der Waals surface area contributed by atoms with Crippen LogP contribution in [0.1, 0.15) is 46.8 Å². The van der Waals surface area contributed by atoms with Crippen molar-refractivity contribution in [2.75, 3.05) is 13.2 Å². The van der Waals surface area contributed by atoms with E-state index in [-0.39, 0.29) is 11.5 Å². The van der Waals surface area contributed by atoms with Gasteiger partial charge in [-0.15, -0.1) is 0 Å². The number of carbonyl (C=O) groups is 1. The van der Waals surface area contributed by atoms with Crippen molar-refractivity contribution in [1.82, 2.24) is 10.3 Å². The van der Waals surface area contributed by atoms with E-state index in [4.69, 9.17) is 4.74 Å². The number of pyridine rings is 1. The van der Waals surface area contributed by atoms with E-state index in [1.807, 2.05) is 31.2 Å². The quantitative estimate of drug-likeness (QED) is 0.562. The molecule has 3 aromatic rings. The van der Waals surface area contributed by atoms with Gasteiger partial charge < -0.3 is 15.0 Å². The maximum Gasteiger partial charge on any atom is 0.251 e. The Bertz CT molecular complexity index is 1050. The molecule has 152 valence electrons. The zero-order valence-corrected chi connectivity index (χ0v) is 17.3. The van der Waals surface area contributed by atoms with Gasteiger partial charge in [0.05, 0.1) is 6.61 Å². The summed E-state index contributed by atoms with van der Waals surface area (Å²) in [5, 5.41) is 3.89. The fraction of sp³-hybridized carbons (Fsp3) is 0.333. The van der Waals surface area contributed by atoms with Crippen LogP contribution in [0.4, 0.5) is 0 Å². The molecule has 3 rings (SSSR count).